The summed E-state index contributed by atoms with van der Waals surface area (Å²) >= 11 is 0. The monoisotopic (exact) mass is 562 g/mol. The first kappa shape index (κ1) is 25.7. The van der Waals surface area contributed by atoms with Gasteiger partial charge in [0.05, 0.1) is 28.3 Å². The third-order valence-corrected chi connectivity index (χ3v) is 7.96. The van der Waals surface area contributed by atoms with E-state index in [9.17, 15) is 0 Å². The van der Waals surface area contributed by atoms with Gasteiger partial charge in [0.1, 0.15) is 0 Å². The maximum Gasteiger partial charge on any atom is 0.160 e. The molecule has 0 N–H and O–H groups in total. The minimum absolute atomic E-state index is 0.677. The first-order chi connectivity index (χ1) is 21.8. The van der Waals surface area contributed by atoms with Crippen molar-refractivity contribution in [1.29, 1.82) is 0 Å². The zero-order valence-corrected chi connectivity index (χ0v) is 23.8. The van der Waals surface area contributed by atoms with Crippen LogP contribution >= 0.6 is 0 Å². The molecule has 8 rings (SSSR count). The summed E-state index contributed by atoms with van der Waals surface area (Å²) in [6, 6.07) is 51.9. The molecule has 0 atom stereocenters. The largest absolute Gasteiger partial charge is 0.254 e. The highest BCUT2D eigenvalue weighted by atomic mass is 14.9. The maximum atomic E-state index is 5.02. The summed E-state index contributed by atoms with van der Waals surface area (Å²) in [5, 5.41) is 3.40. The van der Waals surface area contributed by atoms with E-state index in [2.05, 4.69) is 97.1 Å². The maximum absolute atomic E-state index is 5.02. The van der Waals surface area contributed by atoms with Gasteiger partial charge in [0.15, 0.2) is 5.82 Å². The molecule has 3 heterocycles. The van der Waals surface area contributed by atoms with Gasteiger partial charge in [0.2, 0.25) is 0 Å². The molecule has 0 fully saturated rings. The van der Waals surface area contributed by atoms with Crippen LogP contribution in [0.2, 0.25) is 0 Å². The predicted octanol–water partition coefficient (Wildman–Crippen LogP) is 9.91. The number of pyridine rings is 2. The highest BCUT2D eigenvalue weighted by Gasteiger charge is 2.14. The van der Waals surface area contributed by atoms with Crippen molar-refractivity contribution in [3.05, 3.63) is 158 Å². The Bertz CT molecular complexity index is 2240. The average molecular weight is 563 g/mol. The van der Waals surface area contributed by atoms with Crippen LogP contribution in [0, 0.1) is 0 Å². The van der Waals surface area contributed by atoms with Gasteiger partial charge in [-0.3, -0.25) is 4.98 Å². The van der Waals surface area contributed by atoms with Crippen LogP contribution in [-0.4, -0.2) is 19.9 Å². The van der Waals surface area contributed by atoms with Crippen LogP contribution in [0.4, 0.5) is 0 Å². The van der Waals surface area contributed by atoms with E-state index in [1.54, 1.807) is 0 Å². The Morgan fingerprint density at radius 2 is 0.886 bits per heavy atom. The number of para-hydroxylation sites is 1. The summed E-state index contributed by atoms with van der Waals surface area (Å²) in [5.41, 5.74) is 9.60. The molecule has 0 bridgehead atoms. The zero-order chi connectivity index (χ0) is 29.3. The van der Waals surface area contributed by atoms with Crippen LogP contribution in [0.3, 0.4) is 0 Å². The van der Waals surface area contributed by atoms with Crippen LogP contribution in [-0.2, 0) is 0 Å². The van der Waals surface area contributed by atoms with E-state index in [0.29, 0.717) is 5.82 Å². The third-order valence-electron chi connectivity index (χ3n) is 7.96. The lowest BCUT2D eigenvalue weighted by Gasteiger charge is -2.11. The molecular weight excluding hydrogens is 536 g/mol. The molecule has 0 aliphatic rings. The second-order valence-electron chi connectivity index (χ2n) is 10.7. The summed E-state index contributed by atoms with van der Waals surface area (Å²) in [5.74, 6) is 0.677. The van der Waals surface area contributed by atoms with Crippen LogP contribution in [0.5, 0.6) is 0 Å². The Balaban J connectivity index is 1.21. The summed E-state index contributed by atoms with van der Waals surface area (Å²) < 4.78 is 0. The van der Waals surface area contributed by atoms with Crippen molar-refractivity contribution in [1.82, 2.24) is 19.9 Å². The van der Waals surface area contributed by atoms with Crippen molar-refractivity contribution >= 4 is 21.7 Å². The zero-order valence-electron chi connectivity index (χ0n) is 23.8. The minimum atomic E-state index is 0.677. The molecule has 0 saturated carbocycles. The first-order valence-electron chi connectivity index (χ1n) is 14.6. The van der Waals surface area contributed by atoms with E-state index in [1.165, 1.54) is 16.5 Å². The number of benzene rings is 5. The standard InChI is InChI=1S/C40H26N4/c1-3-11-27(12-4-1)28-19-21-29(22-20-28)37-25-38(44-40(43-37)30-13-5-2-6-14-30)31-23-24-36(41-26-31)39-34-17-8-7-15-32(34)33-16-9-10-18-35(33)42-39/h1-26H. The van der Waals surface area contributed by atoms with Crippen molar-refractivity contribution < 1.29 is 0 Å². The van der Waals surface area contributed by atoms with E-state index in [4.69, 9.17) is 19.9 Å². The molecule has 0 aliphatic heterocycles. The molecular formula is C40H26N4. The minimum Gasteiger partial charge on any atom is -0.254 e. The molecule has 0 aliphatic carbocycles. The van der Waals surface area contributed by atoms with E-state index < -0.39 is 0 Å². The third kappa shape index (κ3) is 4.79. The van der Waals surface area contributed by atoms with Crippen molar-refractivity contribution in [3.8, 4) is 56.4 Å². The number of hydrogen-bond donors (Lipinski definition) is 0. The molecule has 0 amide bonds. The van der Waals surface area contributed by atoms with Crippen molar-refractivity contribution in [2.24, 2.45) is 0 Å². The molecule has 4 nitrogen and oxygen atoms in total. The van der Waals surface area contributed by atoms with Gasteiger partial charge >= 0.3 is 0 Å². The van der Waals surface area contributed by atoms with Gasteiger partial charge in [-0.15, -0.1) is 0 Å². The molecule has 8 aromatic rings. The molecule has 44 heavy (non-hydrogen) atoms. The fourth-order valence-electron chi connectivity index (χ4n) is 5.71. The first-order valence-corrected chi connectivity index (χ1v) is 14.6. The lowest BCUT2D eigenvalue weighted by atomic mass is 10.0. The fourth-order valence-corrected chi connectivity index (χ4v) is 5.71. The fraction of sp³-hybridized carbons (Fsp3) is 0. The Hall–Kier alpha value is -6.00. The number of hydrogen-bond acceptors (Lipinski definition) is 4. The number of fused-ring (bicyclic) bond motifs is 3. The van der Waals surface area contributed by atoms with E-state index in [1.807, 2.05) is 60.8 Å². The summed E-state index contributed by atoms with van der Waals surface area (Å²) in [7, 11) is 0. The molecule has 0 unspecified atom stereocenters. The number of rotatable bonds is 5. The second-order valence-corrected chi connectivity index (χ2v) is 10.7. The highest BCUT2D eigenvalue weighted by Crippen LogP contribution is 2.33. The quantitative estimate of drug-likeness (QED) is 0.196. The van der Waals surface area contributed by atoms with Crippen molar-refractivity contribution in [3.63, 3.8) is 0 Å². The number of nitrogens with zero attached hydrogens (tertiary/aromatic N) is 4. The van der Waals surface area contributed by atoms with E-state index in [0.717, 1.165) is 55.8 Å². The summed E-state index contributed by atoms with van der Waals surface area (Å²) in [4.78, 5) is 19.9. The van der Waals surface area contributed by atoms with Gasteiger partial charge in [0.25, 0.3) is 0 Å². The van der Waals surface area contributed by atoms with Crippen LogP contribution < -0.4 is 0 Å². The van der Waals surface area contributed by atoms with Crippen LogP contribution in [0.15, 0.2) is 158 Å². The molecule has 4 heteroatoms. The topological polar surface area (TPSA) is 51.6 Å². The summed E-state index contributed by atoms with van der Waals surface area (Å²) in [6.45, 7) is 0. The lowest BCUT2D eigenvalue weighted by molar-refractivity contribution is 1.18. The Morgan fingerprint density at radius 3 is 1.59 bits per heavy atom. The normalized spacial score (nSPS) is 11.2. The number of aromatic nitrogens is 4. The summed E-state index contributed by atoms with van der Waals surface area (Å²) in [6.07, 6.45) is 1.89. The molecule has 5 aromatic carbocycles. The SMILES string of the molecule is c1ccc(-c2ccc(-c3cc(-c4ccc(-c5nc6ccccc6c6ccccc56)nc4)nc(-c4ccccc4)n3)cc2)cc1. The Kier molecular flexibility index (Phi) is 6.43. The Labute approximate surface area is 255 Å². The lowest BCUT2D eigenvalue weighted by Crippen LogP contribution is -1.97. The van der Waals surface area contributed by atoms with Crippen LogP contribution in [0.25, 0.3) is 78.1 Å². The molecule has 3 aromatic heterocycles. The Morgan fingerprint density at radius 1 is 0.341 bits per heavy atom. The smallest absolute Gasteiger partial charge is 0.160 e. The van der Waals surface area contributed by atoms with Gasteiger partial charge in [-0.2, -0.15) is 0 Å². The van der Waals surface area contributed by atoms with E-state index in [-0.39, 0.29) is 0 Å². The van der Waals surface area contributed by atoms with Gasteiger partial charge in [-0.1, -0.05) is 127 Å². The van der Waals surface area contributed by atoms with Crippen molar-refractivity contribution in [2.75, 3.05) is 0 Å². The van der Waals surface area contributed by atoms with Crippen molar-refractivity contribution in [2.45, 2.75) is 0 Å². The molecule has 0 radical (unpaired) electrons. The van der Waals surface area contributed by atoms with Gasteiger partial charge in [0, 0.05) is 33.7 Å². The molecule has 206 valence electrons. The molecule has 0 saturated heterocycles. The molecule has 0 spiro atoms. The van der Waals surface area contributed by atoms with Gasteiger partial charge in [-0.05, 0) is 40.8 Å². The highest BCUT2D eigenvalue weighted by molar-refractivity contribution is 6.10. The average Bonchev–Trinajstić information content (AvgIpc) is 3.12. The van der Waals surface area contributed by atoms with Crippen LogP contribution in [0.1, 0.15) is 0 Å². The van der Waals surface area contributed by atoms with Gasteiger partial charge < -0.3 is 0 Å². The van der Waals surface area contributed by atoms with Gasteiger partial charge in [-0.25, -0.2) is 15.0 Å². The predicted molar refractivity (Wildman–Crippen MR) is 180 cm³/mol. The second kappa shape index (κ2) is 11.0. The van der Waals surface area contributed by atoms with E-state index >= 15 is 0 Å².